The Morgan fingerprint density at radius 1 is 1.06 bits per heavy atom. The lowest BCUT2D eigenvalue weighted by molar-refractivity contribution is 0.0838. The maximum Gasteiger partial charge on any atom is 0.332 e. The molecule has 4 heterocycles. The van der Waals surface area contributed by atoms with Crippen molar-refractivity contribution in [1.29, 1.82) is 0 Å². The average molecular weight is 474 g/mol. The molecule has 33 heavy (non-hydrogen) atoms. The molecule has 0 bridgehead atoms. The number of hydrogen-bond donors (Lipinski definition) is 2. The molecule has 0 aliphatic carbocycles. The zero-order valence-electron chi connectivity index (χ0n) is 19.1. The number of hydrogen-bond acceptors (Lipinski definition) is 9. The van der Waals surface area contributed by atoms with Crippen molar-refractivity contribution in [3.8, 4) is 0 Å². The molecule has 176 valence electrons. The Bertz CT molecular complexity index is 1420. The van der Waals surface area contributed by atoms with E-state index in [1.54, 1.807) is 0 Å². The fraction of sp³-hybridized carbons (Fsp3) is 0.476. The van der Waals surface area contributed by atoms with Crippen LogP contribution in [0.25, 0.3) is 10.2 Å². The van der Waals surface area contributed by atoms with Gasteiger partial charge in [-0.1, -0.05) is 0 Å². The number of aryl methyl sites for hydroxylation is 2. The molecule has 1 aliphatic rings. The van der Waals surface area contributed by atoms with E-state index in [1.165, 1.54) is 25.4 Å². The Morgan fingerprint density at radius 2 is 1.70 bits per heavy atom. The van der Waals surface area contributed by atoms with E-state index in [0.29, 0.717) is 43.9 Å². The highest BCUT2D eigenvalue weighted by molar-refractivity contribution is 7.18. The summed E-state index contributed by atoms with van der Waals surface area (Å²) in [7, 11) is 2.76. The van der Waals surface area contributed by atoms with Crippen LogP contribution in [0.1, 0.15) is 26.6 Å². The van der Waals surface area contributed by atoms with Crippen LogP contribution in [0.3, 0.4) is 0 Å². The summed E-state index contributed by atoms with van der Waals surface area (Å²) in [5.41, 5.74) is 5.36. The molecule has 0 amide bonds. The molecule has 12 heteroatoms. The number of nitrogens with zero attached hydrogens (tertiary/aromatic N) is 5. The Morgan fingerprint density at radius 3 is 2.36 bits per heavy atom. The Hall–Kier alpha value is -3.09. The van der Waals surface area contributed by atoms with Crippen LogP contribution in [0.2, 0.25) is 0 Å². The molecule has 4 rings (SSSR count). The molecule has 1 fully saturated rings. The number of fused-ring (bicyclic) bond motifs is 1. The SMILES string of the molecule is Cc1sc2nc(CN3CCN(CC(=O)c4c(N)n(C)c(=O)n(C)c4=O)CC3)[nH]c(=O)c2c1C. The van der Waals surface area contributed by atoms with Crippen LogP contribution in [0.5, 0.6) is 0 Å². The van der Waals surface area contributed by atoms with Crippen molar-refractivity contribution >= 4 is 33.2 Å². The number of nitrogens with two attached hydrogens (primary N) is 1. The third-order valence-electron chi connectivity index (χ3n) is 6.28. The van der Waals surface area contributed by atoms with Gasteiger partial charge in [-0.3, -0.25) is 33.3 Å². The first-order chi connectivity index (χ1) is 15.6. The molecular weight excluding hydrogens is 446 g/mol. The number of rotatable bonds is 5. The number of ketones is 1. The molecule has 3 aromatic rings. The lowest BCUT2D eigenvalue weighted by Gasteiger charge is -2.33. The number of aromatic amines is 1. The van der Waals surface area contributed by atoms with Gasteiger partial charge in [0.2, 0.25) is 0 Å². The Labute approximate surface area is 193 Å². The number of H-pyrrole nitrogens is 1. The van der Waals surface area contributed by atoms with Gasteiger partial charge in [0.25, 0.3) is 11.1 Å². The van der Waals surface area contributed by atoms with Crippen LogP contribution in [-0.4, -0.2) is 67.4 Å². The van der Waals surface area contributed by atoms with Crippen LogP contribution in [0.15, 0.2) is 14.4 Å². The van der Waals surface area contributed by atoms with E-state index in [1.807, 2.05) is 18.7 Å². The summed E-state index contributed by atoms with van der Waals surface area (Å²) in [5, 5.41) is 0.661. The summed E-state index contributed by atoms with van der Waals surface area (Å²) in [5.74, 6) is 0.105. The number of carbonyl (C=O) groups is 1. The standard InChI is InChI=1S/C21H27N7O4S/c1-11-12(2)33-19-15(11)18(30)23-14(24-19)10-28-7-5-27(6-8-28)9-13(29)16-17(22)25(3)21(32)26(4)20(16)31/h5-10,22H2,1-4H3,(H,23,24,30). The molecule has 1 aliphatic heterocycles. The normalized spacial score (nSPS) is 15.4. The monoisotopic (exact) mass is 473 g/mol. The zero-order valence-corrected chi connectivity index (χ0v) is 19.9. The van der Waals surface area contributed by atoms with Crippen molar-refractivity contribution in [2.24, 2.45) is 14.1 Å². The van der Waals surface area contributed by atoms with E-state index in [2.05, 4.69) is 14.9 Å². The minimum atomic E-state index is -0.677. The van der Waals surface area contributed by atoms with E-state index in [-0.39, 0.29) is 23.5 Å². The number of carbonyl (C=O) groups excluding carboxylic acids is 1. The number of nitrogen functional groups attached to an aromatic ring is 1. The quantitative estimate of drug-likeness (QED) is 0.477. The molecular formula is C21H27N7O4S. The van der Waals surface area contributed by atoms with Crippen LogP contribution >= 0.6 is 11.3 Å². The first-order valence-corrected chi connectivity index (χ1v) is 11.4. The number of piperazine rings is 1. The van der Waals surface area contributed by atoms with E-state index in [4.69, 9.17) is 5.73 Å². The van der Waals surface area contributed by atoms with Crippen LogP contribution in [0.4, 0.5) is 5.82 Å². The summed E-state index contributed by atoms with van der Waals surface area (Å²) in [6.07, 6.45) is 0. The van der Waals surface area contributed by atoms with Crippen molar-refractivity contribution in [2.45, 2.75) is 20.4 Å². The van der Waals surface area contributed by atoms with Gasteiger partial charge in [-0.2, -0.15) is 0 Å². The summed E-state index contributed by atoms with van der Waals surface area (Å²) < 4.78 is 2.00. The molecule has 0 aromatic carbocycles. The summed E-state index contributed by atoms with van der Waals surface area (Å²) >= 11 is 1.53. The number of nitrogens with one attached hydrogen (secondary N) is 1. The zero-order chi connectivity index (χ0) is 24.0. The highest BCUT2D eigenvalue weighted by Gasteiger charge is 2.25. The van der Waals surface area contributed by atoms with Crippen LogP contribution in [-0.2, 0) is 20.6 Å². The third-order valence-corrected chi connectivity index (χ3v) is 7.38. The van der Waals surface area contributed by atoms with Gasteiger partial charge in [-0.15, -0.1) is 11.3 Å². The molecule has 3 aromatic heterocycles. The van der Waals surface area contributed by atoms with Gasteiger partial charge in [-0.25, -0.2) is 9.78 Å². The lowest BCUT2D eigenvalue weighted by atomic mass is 10.1. The smallest absolute Gasteiger partial charge is 0.332 e. The summed E-state index contributed by atoms with van der Waals surface area (Å²) in [6.45, 7) is 7.06. The average Bonchev–Trinajstić information content (AvgIpc) is 3.06. The molecule has 0 atom stereocenters. The van der Waals surface area contributed by atoms with Crippen molar-refractivity contribution < 1.29 is 4.79 Å². The summed E-state index contributed by atoms with van der Waals surface area (Å²) in [6, 6.07) is 0. The minimum Gasteiger partial charge on any atom is -0.384 e. The van der Waals surface area contributed by atoms with E-state index in [9.17, 15) is 19.2 Å². The van der Waals surface area contributed by atoms with E-state index < -0.39 is 17.0 Å². The fourth-order valence-electron chi connectivity index (χ4n) is 4.10. The largest absolute Gasteiger partial charge is 0.384 e. The highest BCUT2D eigenvalue weighted by atomic mass is 32.1. The summed E-state index contributed by atoms with van der Waals surface area (Å²) in [4.78, 5) is 63.2. The van der Waals surface area contributed by atoms with Gasteiger partial charge < -0.3 is 10.7 Å². The third kappa shape index (κ3) is 4.16. The van der Waals surface area contributed by atoms with Crippen molar-refractivity contribution in [2.75, 3.05) is 38.5 Å². The second-order valence-electron chi connectivity index (χ2n) is 8.42. The molecule has 0 spiro atoms. The van der Waals surface area contributed by atoms with Gasteiger partial charge in [-0.05, 0) is 19.4 Å². The highest BCUT2D eigenvalue weighted by Crippen LogP contribution is 2.25. The van der Waals surface area contributed by atoms with E-state index >= 15 is 0 Å². The molecule has 3 N–H and O–H groups in total. The van der Waals surface area contributed by atoms with Gasteiger partial charge in [0, 0.05) is 45.2 Å². The second-order valence-corrected chi connectivity index (χ2v) is 9.62. The molecule has 0 radical (unpaired) electrons. The molecule has 0 unspecified atom stereocenters. The molecule has 1 saturated heterocycles. The van der Waals surface area contributed by atoms with Gasteiger partial charge in [0.15, 0.2) is 5.78 Å². The van der Waals surface area contributed by atoms with Gasteiger partial charge in [0.05, 0.1) is 18.5 Å². The predicted molar refractivity (Wildman–Crippen MR) is 127 cm³/mol. The molecule has 0 saturated carbocycles. The maximum absolute atomic E-state index is 12.8. The van der Waals surface area contributed by atoms with Crippen LogP contribution < -0.4 is 22.5 Å². The number of aromatic nitrogens is 4. The fourth-order valence-corrected chi connectivity index (χ4v) is 5.14. The first kappa shape index (κ1) is 23.1. The first-order valence-electron chi connectivity index (χ1n) is 10.6. The van der Waals surface area contributed by atoms with Crippen molar-refractivity contribution in [3.63, 3.8) is 0 Å². The van der Waals surface area contributed by atoms with Crippen LogP contribution in [0, 0.1) is 13.8 Å². The van der Waals surface area contributed by atoms with E-state index in [0.717, 1.165) is 24.4 Å². The maximum atomic E-state index is 12.8. The number of anilines is 1. The number of thiophene rings is 1. The minimum absolute atomic E-state index is 0.0419. The van der Waals surface area contributed by atoms with Gasteiger partial charge >= 0.3 is 5.69 Å². The predicted octanol–water partition coefficient (Wildman–Crippen LogP) is -0.418. The lowest BCUT2D eigenvalue weighted by Crippen LogP contribution is -2.49. The number of Topliss-reactive ketones (excluding diaryl/α,β-unsaturated/α-hetero) is 1. The topological polar surface area (TPSA) is 139 Å². The molecule has 11 nitrogen and oxygen atoms in total. The second kappa shape index (κ2) is 8.69. The van der Waals surface area contributed by atoms with Crippen molar-refractivity contribution in [1.82, 2.24) is 28.9 Å². The van der Waals surface area contributed by atoms with Crippen molar-refractivity contribution in [3.05, 3.63) is 53.0 Å². The van der Waals surface area contributed by atoms with Gasteiger partial charge in [0.1, 0.15) is 22.0 Å². The Balaban J connectivity index is 1.42. The Kier molecular flexibility index (Phi) is 6.08.